The van der Waals surface area contributed by atoms with Crippen molar-refractivity contribution < 1.29 is 19.2 Å². The molecule has 0 saturated carbocycles. The van der Waals surface area contributed by atoms with Crippen LogP contribution in [-0.2, 0) is 11.3 Å². The van der Waals surface area contributed by atoms with Gasteiger partial charge in [-0.2, -0.15) is 0 Å². The number of thiazole rings is 1. The SMILES string of the molecule is COc1cccc(-c2nc(COC(=O)c3cccc([N+](=O)[O-])c3)cs2)c1. The molecule has 0 saturated heterocycles. The highest BCUT2D eigenvalue weighted by atomic mass is 32.1. The molecule has 3 rings (SSSR count). The number of methoxy groups -OCH3 is 1. The molecular weight excluding hydrogens is 356 g/mol. The third-order valence-corrected chi connectivity index (χ3v) is 4.45. The summed E-state index contributed by atoms with van der Waals surface area (Å²) in [5, 5.41) is 13.4. The molecule has 0 amide bonds. The van der Waals surface area contributed by atoms with Gasteiger partial charge in [0.1, 0.15) is 17.4 Å². The smallest absolute Gasteiger partial charge is 0.338 e. The molecule has 0 aliphatic heterocycles. The third-order valence-electron chi connectivity index (χ3n) is 3.51. The van der Waals surface area contributed by atoms with Crippen molar-refractivity contribution in [3.63, 3.8) is 0 Å². The average molecular weight is 370 g/mol. The van der Waals surface area contributed by atoms with Crippen molar-refractivity contribution in [1.29, 1.82) is 0 Å². The minimum absolute atomic E-state index is 0.0119. The summed E-state index contributed by atoms with van der Waals surface area (Å²) in [6.07, 6.45) is 0. The molecule has 0 fully saturated rings. The van der Waals surface area contributed by atoms with Gasteiger partial charge in [-0.25, -0.2) is 9.78 Å². The first kappa shape index (κ1) is 17.6. The summed E-state index contributed by atoms with van der Waals surface area (Å²) in [5.41, 5.74) is 1.48. The number of nitro groups is 1. The van der Waals surface area contributed by atoms with E-state index in [1.807, 2.05) is 24.3 Å². The molecule has 3 aromatic rings. The van der Waals surface area contributed by atoms with Crippen molar-refractivity contribution in [2.75, 3.05) is 7.11 Å². The Morgan fingerprint density at radius 2 is 2.04 bits per heavy atom. The second-order valence-electron chi connectivity index (χ2n) is 5.26. The molecular formula is C18H14N2O5S. The lowest BCUT2D eigenvalue weighted by Crippen LogP contribution is -2.06. The zero-order valence-electron chi connectivity index (χ0n) is 13.7. The molecule has 0 N–H and O–H groups in total. The lowest BCUT2D eigenvalue weighted by molar-refractivity contribution is -0.384. The quantitative estimate of drug-likeness (QED) is 0.369. The van der Waals surface area contributed by atoms with Crippen LogP contribution in [-0.4, -0.2) is 23.0 Å². The van der Waals surface area contributed by atoms with Gasteiger partial charge in [0.05, 0.1) is 23.3 Å². The first-order chi connectivity index (χ1) is 12.6. The Hall–Kier alpha value is -3.26. The number of carbonyl (C=O) groups is 1. The third kappa shape index (κ3) is 4.04. The van der Waals surface area contributed by atoms with Crippen LogP contribution in [0.5, 0.6) is 5.75 Å². The number of esters is 1. The molecule has 0 spiro atoms. The lowest BCUT2D eigenvalue weighted by Gasteiger charge is -2.03. The van der Waals surface area contributed by atoms with Crippen LogP contribution >= 0.6 is 11.3 Å². The number of non-ortho nitro benzene ring substituents is 1. The molecule has 1 aromatic heterocycles. The summed E-state index contributed by atoms with van der Waals surface area (Å²) in [4.78, 5) is 26.7. The predicted octanol–water partition coefficient (Wildman–Crippen LogP) is 4.08. The summed E-state index contributed by atoms with van der Waals surface area (Å²) >= 11 is 1.43. The van der Waals surface area contributed by atoms with Crippen LogP contribution in [0.4, 0.5) is 5.69 Å². The second-order valence-corrected chi connectivity index (χ2v) is 6.12. The average Bonchev–Trinajstić information content (AvgIpc) is 3.15. The Balaban J connectivity index is 1.67. The summed E-state index contributed by atoms with van der Waals surface area (Å²) in [5.74, 6) is 0.0981. The normalized spacial score (nSPS) is 10.3. The van der Waals surface area contributed by atoms with Gasteiger partial charge < -0.3 is 9.47 Å². The standard InChI is InChI=1S/C18H14N2O5S/c1-24-16-7-3-4-12(9-16)17-19-14(11-26-17)10-25-18(21)13-5-2-6-15(8-13)20(22)23/h2-9,11H,10H2,1H3. The van der Waals surface area contributed by atoms with E-state index in [0.717, 1.165) is 16.3 Å². The van der Waals surface area contributed by atoms with E-state index in [4.69, 9.17) is 9.47 Å². The van der Waals surface area contributed by atoms with E-state index in [1.165, 1.54) is 35.6 Å². The molecule has 0 aliphatic carbocycles. The van der Waals surface area contributed by atoms with Crippen LogP contribution in [0.1, 0.15) is 16.1 Å². The molecule has 8 heteroatoms. The molecule has 2 aromatic carbocycles. The number of benzene rings is 2. The van der Waals surface area contributed by atoms with Crippen LogP contribution in [0.2, 0.25) is 0 Å². The van der Waals surface area contributed by atoms with E-state index < -0.39 is 10.9 Å². The molecule has 0 atom stereocenters. The zero-order valence-corrected chi connectivity index (χ0v) is 14.6. The van der Waals surface area contributed by atoms with E-state index in [1.54, 1.807) is 12.5 Å². The fraction of sp³-hybridized carbons (Fsp3) is 0.111. The van der Waals surface area contributed by atoms with Gasteiger partial charge in [-0.1, -0.05) is 18.2 Å². The van der Waals surface area contributed by atoms with Crippen LogP contribution in [0.15, 0.2) is 53.9 Å². The van der Waals surface area contributed by atoms with Crippen molar-refractivity contribution in [2.45, 2.75) is 6.61 Å². The van der Waals surface area contributed by atoms with Gasteiger partial charge >= 0.3 is 5.97 Å². The number of ether oxygens (including phenoxy) is 2. The van der Waals surface area contributed by atoms with Gasteiger partial charge in [-0.05, 0) is 18.2 Å². The van der Waals surface area contributed by atoms with Crippen LogP contribution < -0.4 is 4.74 Å². The van der Waals surface area contributed by atoms with Crippen molar-refractivity contribution >= 4 is 23.0 Å². The minimum Gasteiger partial charge on any atom is -0.497 e. The maximum Gasteiger partial charge on any atom is 0.338 e. The number of carbonyl (C=O) groups excluding carboxylic acids is 1. The monoisotopic (exact) mass is 370 g/mol. The Morgan fingerprint density at radius 1 is 1.23 bits per heavy atom. The molecule has 7 nitrogen and oxygen atoms in total. The first-order valence-electron chi connectivity index (χ1n) is 7.57. The molecule has 1 heterocycles. The second kappa shape index (κ2) is 7.75. The fourth-order valence-electron chi connectivity index (χ4n) is 2.23. The summed E-state index contributed by atoms with van der Waals surface area (Å²) in [6, 6.07) is 12.9. The van der Waals surface area contributed by atoms with Crippen LogP contribution in [0, 0.1) is 10.1 Å². The number of hydrogen-bond acceptors (Lipinski definition) is 7. The highest BCUT2D eigenvalue weighted by Crippen LogP contribution is 2.27. The van der Waals surface area contributed by atoms with Gasteiger partial charge in [0.15, 0.2) is 0 Å². The number of rotatable bonds is 6. The Labute approximate surface area is 153 Å². The summed E-state index contributed by atoms with van der Waals surface area (Å²) < 4.78 is 10.4. The van der Waals surface area contributed by atoms with Crippen LogP contribution in [0.25, 0.3) is 10.6 Å². The van der Waals surface area contributed by atoms with Gasteiger partial charge in [0.2, 0.25) is 0 Å². The van der Waals surface area contributed by atoms with Crippen molar-refractivity contribution in [2.24, 2.45) is 0 Å². The Morgan fingerprint density at radius 3 is 2.81 bits per heavy atom. The predicted molar refractivity (Wildman–Crippen MR) is 96.3 cm³/mol. The summed E-state index contributed by atoms with van der Waals surface area (Å²) in [7, 11) is 1.60. The van der Waals surface area contributed by atoms with E-state index in [2.05, 4.69) is 4.98 Å². The first-order valence-corrected chi connectivity index (χ1v) is 8.45. The highest BCUT2D eigenvalue weighted by Gasteiger charge is 2.14. The Bertz CT molecular complexity index is 954. The fourth-order valence-corrected chi connectivity index (χ4v) is 3.03. The summed E-state index contributed by atoms with van der Waals surface area (Å²) in [6.45, 7) is -0.0119. The largest absolute Gasteiger partial charge is 0.497 e. The molecule has 0 aliphatic rings. The molecule has 0 bridgehead atoms. The van der Waals surface area contributed by atoms with Gasteiger partial charge in [0.25, 0.3) is 5.69 Å². The molecule has 132 valence electrons. The van der Waals surface area contributed by atoms with Gasteiger partial charge in [-0.3, -0.25) is 10.1 Å². The van der Waals surface area contributed by atoms with Crippen molar-refractivity contribution in [3.8, 4) is 16.3 Å². The van der Waals surface area contributed by atoms with Crippen LogP contribution in [0.3, 0.4) is 0 Å². The van der Waals surface area contributed by atoms with Gasteiger partial charge in [0, 0.05) is 23.1 Å². The minimum atomic E-state index is -0.635. The van der Waals surface area contributed by atoms with Crippen molar-refractivity contribution in [1.82, 2.24) is 4.98 Å². The zero-order chi connectivity index (χ0) is 18.5. The van der Waals surface area contributed by atoms with Crippen molar-refractivity contribution in [3.05, 3.63) is 75.3 Å². The lowest BCUT2D eigenvalue weighted by atomic mass is 10.2. The molecule has 0 unspecified atom stereocenters. The topological polar surface area (TPSA) is 91.6 Å². The van der Waals surface area contributed by atoms with E-state index >= 15 is 0 Å². The molecule has 26 heavy (non-hydrogen) atoms. The number of nitrogens with zero attached hydrogens (tertiary/aromatic N) is 2. The maximum atomic E-state index is 12.1. The number of aromatic nitrogens is 1. The maximum absolute atomic E-state index is 12.1. The molecule has 0 radical (unpaired) electrons. The highest BCUT2D eigenvalue weighted by molar-refractivity contribution is 7.13. The van der Waals surface area contributed by atoms with E-state index in [0.29, 0.717) is 5.69 Å². The number of nitro benzene ring substituents is 1. The Kier molecular flexibility index (Phi) is 5.23. The van der Waals surface area contributed by atoms with E-state index in [-0.39, 0.29) is 17.9 Å². The number of hydrogen-bond donors (Lipinski definition) is 0. The van der Waals surface area contributed by atoms with E-state index in [9.17, 15) is 14.9 Å². The van der Waals surface area contributed by atoms with Gasteiger partial charge in [-0.15, -0.1) is 11.3 Å².